The first-order valence-electron chi connectivity index (χ1n) is 8.24. The summed E-state index contributed by atoms with van der Waals surface area (Å²) in [7, 11) is 0. The van der Waals surface area contributed by atoms with Crippen molar-refractivity contribution in [2.45, 2.75) is 52.6 Å². The maximum atomic E-state index is 12.3. The summed E-state index contributed by atoms with van der Waals surface area (Å²) in [6.07, 6.45) is 5.15. The summed E-state index contributed by atoms with van der Waals surface area (Å²) in [4.78, 5) is 27.5. The molecular weight excluding hydrogens is 280 g/mol. The minimum atomic E-state index is -0.963. The SMILES string of the molecule is CC(O)C(=O)N1CCN(C(=O)C=C2CCC(C)(C)CC2)CC1. The molecule has 5 heteroatoms. The van der Waals surface area contributed by atoms with Crippen LogP contribution in [-0.2, 0) is 9.59 Å². The zero-order valence-electron chi connectivity index (χ0n) is 14.0. The summed E-state index contributed by atoms with van der Waals surface area (Å²) >= 11 is 0. The Hall–Kier alpha value is -1.36. The van der Waals surface area contributed by atoms with Gasteiger partial charge < -0.3 is 14.9 Å². The Morgan fingerprint density at radius 3 is 2.09 bits per heavy atom. The van der Waals surface area contributed by atoms with E-state index < -0.39 is 6.10 Å². The van der Waals surface area contributed by atoms with Gasteiger partial charge in [0.1, 0.15) is 6.10 Å². The van der Waals surface area contributed by atoms with Crippen LogP contribution in [0.25, 0.3) is 0 Å². The van der Waals surface area contributed by atoms with Gasteiger partial charge in [0.15, 0.2) is 0 Å². The summed E-state index contributed by atoms with van der Waals surface area (Å²) in [5, 5.41) is 9.33. The van der Waals surface area contributed by atoms with Gasteiger partial charge in [-0.1, -0.05) is 19.4 Å². The average molecular weight is 308 g/mol. The Morgan fingerprint density at radius 2 is 1.59 bits per heavy atom. The highest BCUT2D eigenvalue weighted by molar-refractivity contribution is 5.88. The van der Waals surface area contributed by atoms with E-state index in [0.29, 0.717) is 31.6 Å². The third kappa shape index (κ3) is 4.32. The van der Waals surface area contributed by atoms with Crippen molar-refractivity contribution in [3.63, 3.8) is 0 Å². The molecule has 2 aliphatic rings. The predicted molar refractivity (Wildman–Crippen MR) is 85.2 cm³/mol. The largest absolute Gasteiger partial charge is 0.384 e. The van der Waals surface area contributed by atoms with Crippen LogP contribution in [0.2, 0.25) is 0 Å². The topological polar surface area (TPSA) is 60.9 Å². The monoisotopic (exact) mass is 308 g/mol. The van der Waals surface area contributed by atoms with Crippen molar-refractivity contribution in [1.29, 1.82) is 0 Å². The minimum absolute atomic E-state index is 0.0684. The predicted octanol–water partition coefficient (Wildman–Crippen LogP) is 1.56. The Balaban J connectivity index is 1.84. The molecule has 2 fully saturated rings. The average Bonchev–Trinajstić information content (AvgIpc) is 2.48. The molecule has 1 N–H and O–H groups in total. The number of carbonyl (C=O) groups is 2. The van der Waals surface area contributed by atoms with Crippen LogP contribution in [0.3, 0.4) is 0 Å². The lowest BCUT2D eigenvalue weighted by Gasteiger charge is -2.35. The molecule has 2 amide bonds. The van der Waals surface area contributed by atoms with Crippen molar-refractivity contribution in [1.82, 2.24) is 9.80 Å². The van der Waals surface area contributed by atoms with E-state index in [-0.39, 0.29) is 11.8 Å². The highest BCUT2D eigenvalue weighted by atomic mass is 16.3. The van der Waals surface area contributed by atoms with Crippen molar-refractivity contribution in [3.05, 3.63) is 11.6 Å². The summed E-state index contributed by atoms with van der Waals surface area (Å²) in [6.45, 7) is 8.15. The fourth-order valence-electron chi connectivity index (χ4n) is 3.07. The first kappa shape index (κ1) is 17.0. The fourth-order valence-corrected chi connectivity index (χ4v) is 3.07. The number of carbonyl (C=O) groups excluding carboxylic acids is 2. The van der Waals surface area contributed by atoms with E-state index in [1.165, 1.54) is 12.5 Å². The minimum Gasteiger partial charge on any atom is -0.384 e. The smallest absolute Gasteiger partial charge is 0.251 e. The number of aliphatic hydroxyl groups excluding tert-OH is 1. The number of aliphatic hydroxyl groups is 1. The second-order valence-corrected chi connectivity index (χ2v) is 7.29. The van der Waals surface area contributed by atoms with Crippen LogP contribution in [0.1, 0.15) is 46.5 Å². The Bertz CT molecular complexity index is 449. The van der Waals surface area contributed by atoms with Gasteiger partial charge in [0.25, 0.3) is 5.91 Å². The highest BCUT2D eigenvalue weighted by Gasteiger charge is 2.27. The standard InChI is InChI=1S/C17H28N2O3/c1-13(20)16(22)19-10-8-18(9-11-19)15(21)12-14-4-6-17(2,3)7-5-14/h12-13,20H,4-11H2,1-3H3. The molecule has 0 aromatic carbocycles. The maximum absolute atomic E-state index is 12.3. The highest BCUT2D eigenvalue weighted by Crippen LogP contribution is 2.37. The Labute approximate surface area is 133 Å². The molecule has 5 nitrogen and oxygen atoms in total. The van der Waals surface area contributed by atoms with Gasteiger partial charge in [-0.3, -0.25) is 9.59 Å². The second kappa shape index (κ2) is 6.82. The number of piperazine rings is 1. The van der Waals surface area contributed by atoms with Crippen LogP contribution in [0.5, 0.6) is 0 Å². The number of hydrogen-bond donors (Lipinski definition) is 1. The first-order chi connectivity index (χ1) is 10.3. The van der Waals surface area contributed by atoms with Gasteiger partial charge in [0.2, 0.25) is 5.91 Å². The molecule has 1 atom stereocenters. The zero-order valence-corrected chi connectivity index (χ0v) is 14.0. The number of nitrogens with zero attached hydrogens (tertiary/aromatic N) is 2. The molecule has 1 saturated carbocycles. The van der Waals surface area contributed by atoms with E-state index in [0.717, 1.165) is 25.7 Å². The Kier molecular flexibility index (Phi) is 5.27. The molecule has 0 aromatic rings. The molecule has 0 bridgehead atoms. The molecule has 0 radical (unpaired) electrons. The fraction of sp³-hybridized carbons (Fsp3) is 0.765. The van der Waals surface area contributed by atoms with Gasteiger partial charge in [-0.15, -0.1) is 0 Å². The molecule has 0 spiro atoms. The number of amides is 2. The molecular formula is C17H28N2O3. The van der Waals surface area contributed by atoms with Gasteiger partial charge in [-0.2, -0.15) is 0 Å². The molecule has 1 aliphatic heterocycles. The normalized spacial score (nSPS) is 23.2. The van der Waals surface area contributed by atoms with Crippen molar-refractivity contribution < 1.29 is 14.7 Å². The maximum Gasteiger partial charge on any atom is 0.251 e. The summed E-state index contributed by atoms with van der Waals surface area (Å²) in [6, 6.07) is 0. The summed E-state index contributed by atoms with van der Waals surface area (Å²) < 4.78 is 0. The molecule has 1 aliphatic carbocycles. The third-order valence-electron chi connectivity index (χ3n) is 4.83. The first-order valence-corrected chi connectivity index (χ1v) is 8.24. The van der Waals surface area contributed by atoms with Crippen LogP contribution in [0, 0.1) is 5.41 Å². The van der Waals surface area contributed by atoms with Gasteiger partial charge in [0, 0.05) is 32.3 Å². The van der Waals surface area contributed by atoms with Crippen molar-refractivity contribution in [3.8, 4) is 0 Å². The second-order valence-electron chi connectivity index (χ2n) is 7.29. The van der Waals surface area contributed by atoms with Gasteiger partial charge in [-0.25, -0.2) is 0 Å². The van der Waals surface area contributed by atoms with Gasteiger partial charge in [0.05, 0.1) is 0 Å². The van der Waals surface area contributed by atoms with Crippen LogP contribution < -0.4 is 0 Å². The van der Waals surface area contributed by atoms with Gasteiger partial charge in [-0.05, 0) is 38.0 Å². The van der Waals surface area contributed by atoms with E-state index >= 15 is 0 Å². The van der Waals surface area contributed by atoms with Crippen molar-refractivity contribution in [2.75, 3.05) is 26.2 Å². The quantitative estimate of drug-likeness (QED) is 0.788. The van der Waals surface area contributed by atoms with Crippen LogP contribution >= 0.6 is 0 Å². The molecule has 1 saturated heterocycles. The van der Waals surface area contributed by atoms with E-state index in [2.05, 4.69) is 13.8 Å². The zero-order chi connectivity index (χ0) is 16.3. The lowest BCUT2D eigenvalue weighted by atomic mass is 9.75. The molecule has 2 rings (SSSR count). The van der Waals surface area contributed by atoms with Gasteiger partial charge >= 0.3 is 0 Å². The molecule has 1 heterocycles. The van der Waals surface area contributed by atoms with Crippen molar-refractivity contribution >= 4 is 11.8 Å². The molecule has 22 heavy (non-hydrogen) atoms. The van der Waals surface area contributed by atoms with Crippen LogP contribution in [-0.4, -0.2) is 59.0 Å². The summed E-state index contributed by atoms with van der Waals surface area (Å²) in [5.41, 5.74) is 1.65. The van der Waals surface area contributed by atoms with E-state index in [9.17, 15) is 14.7 Å². The van der Waals surface area contributed by atoms with Crippen LogP contribution in [0.4, 0.5) is 0 Å². The Morgan fingerprint density at radius 1 is 1.09 bits per heavy atom. The number of rotatable bonds is 2. The van der Waals surface area contributed by atoms with Crippen LogP contribution in [0.15, 0.2) is 11.6 Å². The molecule has 0 aromatic heterocycles. The number of allylic oxidation sites excluding steroid dienone is 1. The van der Waals surface area contributed by atoms with E-state index in [1.807, 2.05) is 0 Å². The molecule has 124 valence electrons. The number of hydrogen-bond acceptors (Lipinski definition) is 3. The summed E-state index contributed by atoms with van der Waals surface area (Å²) in [5.74, 6) is -0.182. The lowest BCUT2D eigenvalue weighted by molar-refractivity contribution is -0.143. The lowest BCUT2D eigenvalue weighted by Crippen LogP contribution is -2.52. The van der Waals surface area contributed by atoms with E-state index in [4.69, 9.17) is 0 Å². The molecule has 1 unspecified atom stereocenters. The third-order valence-corrected chi connectivity index (χ3v) is 4.83. The van der Waals surface area contributed by atoms with Crippen molar-refractivity contribution in [2.24, 2.45) is 5.41 Å². The van der Waals surface area contributed by atoms with E-state index in [1.54, 1.807) is 15.9 Å².